The fraction of sp³-hybridized carbons (Fsp3) is 0.196. The summed E-state index contributed by atoms with van der Waals surface area (Å²) < 4.78 is 20.5. The van der Waals surface area contributed by atoms with Gasteiger partial charge in [0.15, 0.2) is 22.7 Å². The normalized spacial score (nSPS) is 11.4. The Morgan fingerprint density at radius 1 is 0.746 bits per heavy atom. The van der Waals surface area contributed by atoms with Crippen LogP contribution in [0.4, 0.5) is 11.4 Å². The molecule has 0 radical (unpaired) electrons. The lowest BCUT2D eigenvalue weighted by Gasteiger charge is -2.23. The standard InChI is InChI=1S/C46H43N7O6/c1-28-35-21-31(13-17-39(35)52(3)50-28)27-53(26-30-12-16-38-32(20-30)25-47-51(38)2)19-18-29-10-14-33(15-11-29)48-45(55)36-22-42(57-4)43(58-5)23-37(36)49-46(56)44-24-40(54)34-8-6-7-9-41(34)59-44/h6-17,20-25H,18-19,26-27H2,1-5H3,(H,48,55)(H,49,56). The van der Waals surface area contributed by atoms with Crippen molar-refractivity contribution < 1.29 is 23.5 Å². The Balaban J connectivity index is 0.989. The third kappa shape index (κ3) is 8.14. The van der Waals surface area contributed by atoms with Gasteiger partial charge in [0.25, 0.3) is 11.8 Å². The molecule has 0 spiro atoms. The largest absolute Gasteiger partial charge is 0.493 e. The zero-order chi connectivity index (χ0) is 41.2. The van der Waals surface area contributed by atoms with Crippen molar-refractivity contribution in [3.05, 3.63) is 153 Å². The zero-order valence-electron chi connectivity index (χ0n) is 33.4. The van der Waals surface area contributed by atoms with E-state index in [1.165, 1.54) is 37.5 Å². The lowest BCUT2D eigenvalue weighted by molar-refractivity contribution is 0.0997. The molecule has 0 fully saturated rings. The number of para-hydroxylation sites is 1. The molecule has 59 heavy (non-hydrogen) atoms. The van der Waals surface area contributed by atoms with Crippen molar-refractivity contribution >= 4 is 56.0 Å². The Labute approximate surface area is 339 Å². The number of hydrogen-bond acceptors (Lipinski definition) is 9. The second-order valence-corrected chi connectivity index (χ2v) is 14.5. The van der Waals surface area contributed by atoms with Crippen LogP contribution >= 0.6 is 0 Å². The average Bonchev–Trinajstić information content (AvgIpc) is 3.75. The van der Waals surface area contributed by atoms with E-state index in [4.69, 9.17) is 13.9 Å². The highest BCUT2D eigenvalue weighted by molar-refractivity contribution is 6.12. The number of anilines is 2. The van der Waals surface area contributed by atoms with Gasteiger partial charge in [0.05, 0.1) is 53.8 Å². The van der Waals surface area contributed by atoms with Gasteiger partial charge in [-0.25, -0.2) is 0 Å². The van der Waals surface area contributed by atoms with Crippen LogP contribution in [-0.4, -0.2) is 57.0 Å². The van der Waals surface area contributed by atoms with Crippen LogP contribution < -0.4 is 25.5 Å². The first-order valence-electron chi connectivity index (χ1n) is 19.1. The third-order valence-corrected chi connectivity index (χ3v) is 10.5. The number of aryl methyl sites for hydroxylation is 3. The fourth-order valence-corrected chi connectivity index (χ4v) is 7.44. The number of rotatable bonds is 13. The van der Waals surface area contributed by atoms with Crippen LogP contribution in [0.3, 0.4) is 0 Å². The van der Waals surface area contributed by atoms with E-state index >= 15 is 0 Å². The van der Waals surface area contributed by atoms with Crippen LogP contribution in [-0.2, 0) is 33.6 Å². The SMILES string of the molecule is COc1cc(NC(=O)c2cc(=O)c3ccccc3o2)c(C(=O)Nc2ccc(CCN(Cc3ccc4c(cnn4C)c3)Cc3ccc4c(c3)c(C)nn4C)cc2)cc1OC. The predicted octanol–water partition coefficient (Wildman–Crippen LogP) is 7.64. The molecule has 8 aromatic rings. The number of fused-ring (bicyclic) bond motifs is 3. The number of carbonyl (C=O) groups is 2. The quantitative estimate of drug-likeness (QED) is 0.120. The molecule has 5 aromatic carbocycles. The highest BCUT2D eigenvalue weighted by Gasteiger charge is 2.21. The van der Waals surface area contributed by atoms with Crippen molar-refractivity contribution in [3.63, 3.8) is 0 Å². The summed E-state index contributed by atoms with van der Waals surface area (Å²) in [4.78, 5) is 42.4. The predicted molar refractivity (Wildman–Crippen MR) is 228 cm³/mol. The Bertz CT molecular complexity index is 2930. The van der Waals surface area contributed by atoms with Crippen LogP contribution in [0.1, 0.15) is 43.3 Å². The van der Waals surface area contributed by atoms with Crippen LogP contribution in [0, 0.1) is 6.92 Å². The molecule has 0 bridgehead atoms. The molecule has 0 unspecified atom stereocenters. The number of benzene rings is 5. The number of nitrogens with zero attached hydrogens (tertiary/aromatic N) is 5. The summed E-state index contributed by atoms with van der Waals surface area (Å²) in [7, 11) is 6.83. The van der Waals surface area contributed by atoms with Gasteiger partial charge >= 0.3 is 0 Å². The van der Waals surface area contributed by atoms with Crippen LogP contribution in [0.2, 0.25) is 0 Å². The summed E-state index contributed by atoms with van der Waals surface area (Å²) >= 11 is 0. The summed E-state index contributed by atoms with van der Waals surface area (Å²) in [6.07, 6.45) is 2.67. The molecule has 2 amide bonds. The molecular formula is C46H43N7O6. The first-order chi connectivity index (χ1) is 28.6. The molecular weight excluding hydrogens is 747 g/mol. The van der Waals surface area contributed by atoms with Gasteiger partial charge in [0.2, 0.25) is 0 Å². The number of aromatic nitrogens is 4. The number of carbonyl (C=O) groups excluding carboxylic acids is 2. The molecule has 13 nitrogen and oxygen atoms in total. The molecule has 13 heteroatoms. The van der Waals surface area contributed by atoms with Gasteiger partial charge < -0.3 is 24.5 Å². The average molecular weight is 790 g/mol. The van der Waals surface area contributed by atoms with Crippen molar-refractivity contribution in [1.82, 2.24) is 24.5 Å². The van der Waals surface area contributed by atoms with Crippen LogP contribution in [0.25, 0.3) is 32.8 Å². The van der Waals surface area contributed by atoms with Gasteiger partial charge in [-0.3, -0.25) is 28.6 Å². The Hall–Kier alpha value is -7.25. The minimum absolute atomic E-state index is 0.114. The maximum Gasteiger partial charge on any atom is 0.291 e. The summed E-state index contributed by atoms with van der Waals surface area (Å²) in [5.41, 5.74) is 7.44. The molecule has 3 aromatic heterocycles. The first kappa shape index (κ1) is 38.6. The highest BCUT2D eigenvalue weighted by Crippen LogP contribution is 2.34. The molecule has 0 aliphatic rings. The Morgan fingerprint density at radius 3 is 2.20 bits per heavy atom. The first-order valence-corrected chi connectivity index (χ1v) is 19.1. The second-order valence-electron chi connectivity index (χ2n) is 14.5. The van der Waals surface area contributed by atoms with Gasteiger partial charge in [-0.15, -0.1) is 0 Å². The smallest absolute Gasteiger partial charge is 0.291 e. The van der Waals surface area contributed by atoms with Gasteiger partial charge in [-0.1, -0.05) is 36.4 Å². The molecule has 3 heterocycles. The zero-order valence-corrected chi connectivity index (χ0v) is 33.4. The number of amides is 2. The van der Waals surface area contributed by atoms with E-state index in [9.17, 15) is 14.4 Å². The number of nitrogens with one attached hydrogen (secondary N) is 2. The van der Waals surface area contributed by atoms with E-state index < -0.39 is 11.8 Å². The number of methoxy groups -OCH3 is 2. The molecule has 0 aliphatic heterocycles. The van der Waals surface area contributed by atoms with E-state index in [0.717, 1.165) is 65.2 Å². The molecule has 0 aliphatic carbocycles. The highest BCUT2D eigenvalue weighted by atomic mass is 16.5. The molecule has 2 N–H and O–H groups in total. The lowest BCUT2D eigenvalue weighted by atomic mass is 10.1. The molecule has 298 valence electrons. The van der Waals surface area contributed by atoms with Crippen LogP contribution in [0.5, 0.6) is 11.5 Å². The third-order valence-electron chi connectivity index (χ3n) is 10.5. The maximum absolute atomic E-state index is 13.8. The maximum atomic E-state index is 13.8. The van der Waals surface area contributed by atoms with Gasteiger partial charge in [0, 0.05) is 62.3 Å². The minimum Gasteiger partial charge on any atom is -0.493 e. The van der Waals surface area contributed by atoms with E-state index in [1.807, 2.05) is 60.8 Å². The second kappa shape index (κ2) is 16.3. The van der Waals surface area contributed by atoms with E-state index in [-0.39, 0.29) is 28.0 Å². The van der Waals surface area contributed by atoms with Crippen molar-refractivity contribution in [2.24, 2.45) is 14.1 Å². The van der Waals surface area contributed by atoms with Crippen LogP contribution in [0.15, 0.2) is 119 Å². The van der Waals surface area contributed by atoms with Crippen molar-refractivity contribution in [2.75, 3.05) is 31.4 Å². The summed E-state index contributed by atoms with van der Waals surface area (Å²) in [6, 6.07) is 31.5. The topological polar surface area (TPSA) is 146 Å². The minimum atomic E-state index is -0.710. The molecule has 8 rings (SSSR count). The fourth-order valence-electron chi connectivity index (χ4n) is 7.44. The Morgan fingerprint density at radius 2 is 1.44 bits per heavy atom. The van der Waals surface area contributed by atoms with E-state index in [1.54, 1.807) is 24.3 Å². The number of ether oxygens (including phenoxy) is 2. The lowest BCUT2D eigenvalue weighted by Crippen LogP contribution is -2.25. The van der Waals surface area contributed by atoms with Crippen molar-refractivity contribution in [2.45, 2.75) is 26.4 Å². The summed E-state index contributed by atoms with van der Waals surface area (Å²) in [5, 5.41) is 17.3. The van der Waals surface area contributed by atoms with E-state index in [2.05, 4.69) is 62.1 Å². The summed E-state index contributed by atoms with van der Waals surface area (Å²) in [5.74, 6) is -0.820. The summed E-state index contributed by atoms with van der Waals surface area (Å²) in [6.45, 7) is 4.33. The van der Waals surface area contributed by atoms with Crippen molar-refractivity contribution in [1.29, 1.82) is 0 Å². The monoisotopic (exact) mass is 789 g/mol. The molecule has 0 saturated carbocycles. The Kier molecular flexibility index (Phi) is 10.7. The molecule has 0 saturated heterocycles. The number of hydrogen-bond donors (Lipinski definition) is 2. The van der Waals surface area contributed by atoms with Gasteiger partial charge in [-0.05, 0) is 84.6 Å². The van der Waals surface area contributed by atoms with Crippen molar-refractivity contribution in [3.8, 4) is 11.5 Å². The van der Waals surface area contributed by atoms with Gasteiger partial charge in [-0.2, -0.15) is 10.2 Å². The van der Waals surface area contributed by atoms with E-state index in [0.29, 0.717) is 22.6 Å². The molecule has 0 atom stereocenters. The van der Waals surface area contributed by atoms with Gasteiger partial charge in [0.1, 0.15) is 5.58 Å².